The average Bonchev–Trinajstić information content (AvgIpc) is 3.31. The Morgan fingerprint density at radius 2 is 2.16 bits per heavy atom. The van der Waals surface area contributed by atoms with Crippen LogP contribution in [0.2, 0.25) is 0 Å². The molecule has 0 radical (unpaired) electrons. The van der Waals surface area contributed by atoms with Crippen molar-refractivity contribution in [2.24, 2.45) is 0 Å². The van der Waals surface area contributed by atoms with Crippen LogP contribution in [0.15, 0.2) is 42.7 Å². The number of likely N-dealkylation sites (tertiary alicyclic amines) is 1. The molecule has 1 aromatic carbocycles. The molecule has 1 atom stereocenters. The zero-order chi connectivity index (χ0) is 17.1. The number of aromatic nitrogens is 4. The van der Waals surface area contributed by atoms with E-state index in [-0.39, 0.29) is 11.9 Å². The first-order chi connectivity index (χ1) is 12.3. The molecule has 1 aliphatic rings. The summed E-state index contributed by atoms with van der Waals surface area (Å²) in [5.74, 6) is 1.14. The van der Waals surface area contributed by atoms with Gasteiger partial charge in [0.2, 0.25) is 5.91 Å². The van der Waals surface area contributed by atoms with Crippen LogP contribution >= 0.6 is 0 Å². The molecule has 2 aromatic heterocycles. The van der Waals surface area contributed by atoms with Crippen LogP contribution in [-0.2, 0) is 11.3 Å². The monoisotopic (exact) mass is 337 g/mol. The Labute approximate surface area is 146 Å². The van der Waals surface area contributed by atoms with Crippen molar-refractivity contribution in [2.45, 2.75) is 44.7 Å². The minimum Gasteiger partial charge on any atom is -0.340 e. The fourth-order valence-corrected chi connectivity index (χ4v) is 3.61. The number of para-hydroxylation sites is 2. The van der Waals surface area contributed by atoms with Gasteiger partial charge in [-0.05, 0) is 43.9 Å². The molecule has 0 unspecified atom stereocenters. The number of carbonyl (C=O) groups is 1. The number of nitrogens with zero attached hydrogens (tertiary/aromatic N) is 4. The van der Waals surface area contributed by atoms with Gasteiger partial charge in [-0.25, -0.2) is 4.98 Å². The number of hydrogen-bond acceptors (Lipinski definition) is 3. The van der Waals surface area contributed by atoms with E-state index >= 15 is 0 Å². The lowest BCUT2D eigenvalue weighted by molar-refractivity contribution is -0.135. The second-order valence-corrected chi connectivity index (χ2v) is 6.61. The number of H-pyrrole nitrogens is 1. The van der Waals surface area contributed by atoms with E-state index in [9.17, 15) is 4.79 Å². The molecule has 1 aliphatic heterocycles. The number of carbonyl (C=O) groups excluding carboxylic acids is 1. The van der Waals surface area contributed by atoms with Crippen molar-refractivity contribution in [1.29, 1.82) is 0 Å². The smallest absolute Gasteiger partial charge is 0.223 e. The van der Waals surface area contributed by atoms with Crippen molar-refractivity contribution in [2.75, 3.05) is 6.54 Å². The summed E-state index contributed by atoms with van der Waals surface area (Å²) in [7, 11) is 0. The van der Waals surface area contributed by atoms with Crippen LogP contribution in [0, 0.1) is 0 Å². The van der Waals surface area contributed by atoms with Crippen molar-refractivity contribution >= 4 is 16.9 Å². The van der Waals surface area contributed by atoms with E-state index < -0.39 is 0 Å². The summed E-state index contributed by atoms with van der Waals surface area (Å²) in [6, 6.07) is 10.0. The number of aromatic amines is 1. The first-order valence-electron chi connectivity index (χ1n) is 9.03. The molecule has 4 rings (SSSR count). The van der Waals surface area contributed by atoms with E-state index in [0.29, 0.717) is 6.42 Å². The second-order valence-electron chi connectivity index (χ2n) is 6.61. The molecule has 1 N–H and O–H groups in total. The number of hydrogen-bond donors (Lipinski definition) is 1. The topological polar surface area (TPSA) is 66.8 Å². The summed E-state index contributed by atoms with van der Waals surface area (Å²) in [5.41, 5.74) is 2.00. The molecular weight excluding hydrogens is 314 g/mol. The predicted molar refractivity (Wildman–Crippen MR) is 95.9 cm³/mol. The van der Waals surface area contributed by atoms with Crippen molar-refractivity contribution in [1.82, 2.24) is 24.6 Å². The van der Waals surface area contributed by atoms with Gasteiger partial charge in [-0.2, -0.15) is 5.10 Å². The fraction of sp³-hybridized carbons (Fsp3) is 0.421. The molecule has 0 bridgehead atoms. The Kier molecular flexibility index (Phi) is 4.50. The fourth-order valence-electron chi connectivity index (χ4n) is 3.61. The van der Waals surface area contributed by atoms with Crippen LogP contribution in [-0.4, -0.2) is 37.1 Å². The summed E-state index contributed by atoms with van der Waals surface area (Å²) in [6.07, 6.45) is 8.25. The lowest BCUT2D eigenvalue weighted by Crippen LogP contribution is -2.39. The highest BCUT2D eigenvalue weighted by molar-refractivity contribution is 5.77. The van der Waals surface area contributed by atoms with Gasteiger partial charge >= 0.3 is 0 Å². The number of benzene rings is 1. The number of fused-ring (bicyclic) bond motifs is 1. The zero-order valence-corrected chi connectivity index (χ0v) is 14.3. The Morgan fingerprint density at radius 1 is 1.24 bits per heavy atom. The van der Waals surface area contributed by atoms with E-state index in [4.69, 9.17) is 4.98 Å². The molecule has 6 heteroatoms. The van der Waals surface area contributed by atoms with Gasteiger partial charge in [0.1, 0.15) is 5.82 Å². The van der Waals surface area contributed by atoms with Gasteiger partial charge in [0.25, 0.3) is 0 Å². The number of rotatable bonds is 5. The first kappa shape index (κ1) is 15.9. The van der Waals surface area contributed by atoms with Gasteiger partial charge < -0.3 is 9.88 Å². The number of piperidine rings is 1. The van der Waals surface area contributed by atoms with Gasteiger partial charge in [0.05, 0.1) is 17.1 Å². The minimum absolute atomic E-state index is 0.0679. The van der Waals surface area contributed by atoms with Crippen molar-refractivity contribution in [3.63, 3.8) is 0 Å². The number of imidazole rings is 1. The predicted octanol–water partition coefficient (Wildman–Crippen LogP) is 3.29. The molecule has 3 heterocycles. The third-order valence-electron chi connectivity index (χ3n) is 4.88. The Morgan fingerprint density at radius 3 is 3.00 bits per heavy atom. The molecule has 1 amide bonds. The molecular formula is C19H23N5O. The van der Waals surface area contributed by atoms with Gasteiger partial charge in [0.15, 0.2) is 0 Å². The molecule has 1 saturated heterocycles. The van der Waals surface area contributed by atoms with E-state index in [1.54, 1.807) is 6.20 Å². The maximum Gasteiger partial charge on any atom is 0.223 e. The van der Waals surface area contributed by atoms with Gasteiger partial charge in [0, 0.05) is 31.9 Å². The second kappa shape index (κ2) is 7.09. The summed E-state index contributed by atoms with van der Waals surface area (Å²) < 4.78 is 1.88. The molecule has 0 aliphatic carbocycles. The lowest BCUT2D eigenvalue weighted by atomic mass is 10.0. The Bertz CT molecular complexity index is 806. The van der Waals surface area contributed by atoms with Gasteiger partial charge in [-0.1, -0.05) is 12.1 Å². The van der Waals surface area contributed by atoms with Crippen LogP contribution in [0.4, 0.5) is 0 Å². The highest BCUT2D eigenvalue weighted by Crippen LogP contribution is 2.31. The van der Waals surface area contributed by atoms with E-state index in [1.165, 1.54) is 0 Å². The summed E-state index contributed by atoms with van der Waals surface area (Å²) in [6.45, 7) is 1.60. The van der Waals surface area contributed by atoms with Gasteiger partial charge in [-0.15, -0.1) is 0 Å². The molecule has 6 nitrogen and oxygen atoms in total. The Hall–Kier alpha value is -2.63. The number of nitrogens with one attached hydrogen (secondary N) is 1. The molecule has 0 spiro atoms. The lowest BCUT2D eigenvalue weighted by Gasteiger charge is -2.34. The third kappa shape index (κ3) is 3.43. The quantitative estimate of drug-likeness (QED) is 0.777. The van der Waals surface area contributed by atoms with Crippen LogP contribution in [0.3, 0.4) is 0 Å². The van der Waals surface area contributed by atoms with Crippen molar-refractivity contribution in [3.8, 4) is 0 Å². The summed E-state index contributed by atoms with van der Waals surface area (Å²) in [5, 5.41) is 4.19. The third-order valence-corrected chi connectivity index (χ3v) is 4.88. The number of amides is 1. The highest BCUT2D eigenvalue weighted by atomic mass is 16.2. The van der Waals surface area contributed by atoms with Crippen LogP contribution < -0.4 is 0 Å². The zero-order valence-electron chi connectivity index (χ0n) is 14.3. The summed E-state index contributed by atoms with van der Waals surface area (Å²) >= 11 is 0. The summed E-state index contributed by atoms with van der Waals surface area (Å²) in [4.78, 5) is 22.9. The SMILES string of the molecule is O=C(CCCn1cccn1)N1CCCC[C@H]1c1nc2ccccc2[nH]1. The molecule has 25 heavy (non-hydrogen) atoms. The van der Waals surface area contributed by atoms with E-state index in [2.05, 4.69) is 10.1 Å². The van der Waals surface area contributed by atoms with Crippen LogP contribution in [0.25, 0.3) is 11.0 Å². The first-order valence-corrected chi connectivity index (χ1v) is 9.03. The molecule has 130 valence electrons. The molecule has 3 aromatic rings. The highest BCUT2D eigenvalue weighted by Gasteiger charge is 2.29. The van der Waals surface area contributed by atoms with Crippen LogP contribution in [0.5, 0.6) is 0 Å². The van der Waals surface area contributed by atoms with Gasteiger partial charge in [-0.3, -0.25) is 9.48 Å². The standard InChI is InChI=1S/C19H23N5O/c25-18(10-5-12-23-13-6-11-20-23)24-14-4-3-9-17(24)19-21-15-7-1-2-8-16(15)22-19/h1-2,6-8,11,13,17H,3-5,9-10,12,14H2,(H,21,22)/t17-/m0/s1. The average molecular weight is 337 g/mol. The maximum atomic E-state index is 12.8. The van der Waals surface area contributed by atoms with Crippen LogP contribution in [0.1, 0.15) is 44.0 Å². The van der Waals surface area contributed by atoms with E-state index in [0.717, 1.165) is 55.6 Å². The minimum atomic E-state index is 0.0679. The van der Waals surface area contributed by atoms with E-state index in [1.807, 2.05) is 46.1 Å². The largest absolute Gasteiger partial charge is 0.340 e. The maximum absolute atomic E-state index is 12.8. The molecule has 1 fully saturated rings. The normalized spacial score (nSPS) is 17.9. The number of aryl methyl sites for hydroxylation is 1. The Balaban J connectivity index is 1.45. The van der Waals surface area contributed by atoms with Crippen molar-refractivity contribution in [3.05, 3.63) is 48.5 Å². The molecule has 0 saturated carbocycles. The van der Waals surface area contributed by atoms with Crippen molar-refractivity contribution < 1.29 is 4.79 Å².